The summed E-state index contributed by atoms with van der Waals surface area (Å²) >= 11 is 0. The fraction of sp³-hybridized carbons (Fsp3) is 0.312. The van der Waals surface area contributed by atoms with Crippen molar-refractivity contribution in [3.63, 3.8) is 0 Å². The number of imide groups is 1. The topological polar surface area (TPSA) is 123 Å². The molecule has 0 saturated heterocycles. The normalized spacial score (nSPS) is 12.2. The van der Waals surface area contributed by atoms with Crippen LogP contribution in [0.1, 0.15) is 56.9 Å². The van der Waals surface area contributed by atoms with Crippen LogP contribution in [0.5, 0.6) is 5.75 Å². The first kappa shape index (κ1) is 28.7. The summed E-state index contributed by atoms with van der Waals surface area (Å²) in [5.74, 6) is -0.698. The Balaban J connectivity index is 1.37. The van der Waals surface area contributed by atoms with E-state index in [0.29, 0.717) is 12.8 Å². The van der Waals surface area contributed by atoms with Gasteiger partial charge >= 0.3 is 0 Å². The number of nitrogens with two attached hydrogens (primary N) is 1. The Morgan fingerprint density at radius 1 is 1.00 bits per heavy atom. The van der Waals surface area contributed by atoms with Crippen LogP contribution in [-0.4, -0.2) is 37.7 Å². The molecule has 0 aliphatic heterocycles. The highest BCUT2D eigenvalue weighted by Gasteiger charge is 2.22. The van der Waals surface area contributed by atoms with Gasteiger partial charge in [-0.2, -0.15) is 5.10 Å². The number of rotatable bonds is 10. The minimum atomic E-state index is -0.847. The summed E-state index contributed by atoms with van der Waals surface area (Å²) in [5.41, 5.74) is 11.9. The maximum Gasteiger partial charge on any atom is 0.243 e. The highest BCUT2D eigenvalue weighted by atomic mass is 16.3. The van der Waals surface area contributed by atoms with Crippen molar-refractivity contribution < 1.29 is 14.7 Å². The van der Waals surface area contributed by atoms with E-state index in [4.69, 9.17) is 10.8 Å². The van der Waals surface area contributed by atoms with Gasteiger partial charge in [0.2, 0.25) is 11.8 Å². The van der Waals surface area contributed by atoms with Crippen molar-refractivity contribution in [1.82, 2.24) is 20.1 Å². The molecule has 40 heavy (non-hydrogen) atoms. The van der Waals surface area contributed by atoms with Gasteiger partial charge in [0.25, 0.3) is 0 Å². The molecule has 8 nitrogen and oxygen atoms in total. The monoisotopic (exact) mass is 539 g/mol. The van der Waals surface area contributed by atoms with Crippen molar-refractivity contribution in [3.05, 3.63) is 95.9 Å². The van der Waals surface area contributed by atoms with Crippen LogP contribution < -0.4 is 11.1 Å². The third-order valence-electron chi connectivity index (χ3n) is 6.75. The maximum atomic E-state index is 12.4. The Hall–Kier alpha value is -4.30. The largest absolute Gasteiger partial charge is 0.508 e. The van der Waals surface area contributed by atoms with Gasteiger partial charge in [0.05, 0.1) is 23.1 Å². The average Bonchev–Trinajstić information content (AvgIpc) is 3.36. The number of para-hydroxylation sites is 1. The van der Waals surface area contributed by atoms with Crippen LogP contribution in [0.2, 0.25) is 0 Å². The summed E-state index contributed by atoms with van der Waals surface area (Å²) < 4.78 is 2.01. The number of carbonyl (C=O) groups excluding carboxylic acids is 2. The van der Waals surface area contributed by atoms with E-state index in [1.54, 1.807) is 24.5 Å². The molecule has 0 spiro atoms. The summed E-state index contributed by atoms with van der Waals surface area (Å²) in [5, 5.41) is 16.8. The van der Waals surface area contributed by atoms with E-state index in [1.807, 2.05) is 22.9 Å². The van der Waals surface area contributed by atoms with Crippen molar-refractivity contribution in [2.24, 2.45) is 5.73 Å². The molecule has 4 N–H and O–H groups in total. The van der Waals surface area contributed by atoms with Crippen LogP contribution in [0.3, 0.4) is 0 Å². The fourth-order valence-corrected chi connectivity index (χ4v) is 4.62. The van der Waals surface area contributed by atoms with Gasteiger partial charge in [-0.25, -0.2) is 4.68 Å². The Morgan fingerprint density at radius 2 is 1.70 bits per heavy atom. The molecule has 1 unspecified atom stereocenters. The number of amides is 2. The lowest BCUT2D eigenvalue weighted by Crippen LogP contribution is -2.44. The molecule has 8 heteroatoms. The summed E-state index contributed by atoms with van der Waals surface area (Å²) in [7, 11) is 0. The first-order valence-electron chi connectivity index (χ1n) is 13.6. The Kier molecular flexibility index (Phi) is 9.11. The average molecular weight is 540 g/mol. The van der Waals surface area contributed by atoms with Gasteiger partial charge in [-0.1, -0.05) is 51.1 Å². The molecular weight excluding hydrogens is 502 g/mol. The van der Waals surface area contributed by atoms with Crippen molar-refractivity contribution in [1.29, 1.82) is 0 Å². The number of aromatic hydroxyl groups is 1. The minimum Gasteiger partial charge on any atom is -0.508 e. The number of aryl methyl sites for hydroxylation is 1. The summed E-state index contributed by atoms with van der Waals surface area (Å²) in [4.78, 5) is 28.9. The SMILES string of the molecule is CC(C)(C)c1ccccc1-n1nc(CCCCC(=O)NC(=O)C(N)Cc2ccc(O)cc2)cc1-c1ccncc1. The lowest BCUT2D eigenvalue weighted by atomic mass is 9.86. The second-order valence-corrected chi connectivity index (χ2v) is 11.0. The molecule has 4 rings (SSSR count). The molecule has 2 heterocycles. The van der Waals surface area contributed by atoms with Gasteiger partial charge in [-0.3, -0.25) is 19.9 Å². The lowest BCUT2D eigenvalue weighted by Gasteiger charge is -2.23. The van der Waals surface area contributed by atoms with E-state index in [-0.39, 0.29) is 29.9 Å². The lowest BCUT2D eigenvalue weighted by molar-refractivity contribution is -0.131. The molecule has 4 aromatic rings. The smallest absolute Gasteiger partial charge is 0.243 e. The molecule has 208 valence electrons. The van der Waals surface area contributed by atoms with E-state index >= 15 is 0 Å². The number of hydrogen-bond acceptors (Lipinski definition) is 6. The number of carbonyl (C=O) groups is 2. The van der Waals surface area contributed by atoms with E-state index in [0.717, 1.165) is 34.6 Å². The molecule has 0 saturated carbocycles. The predicted octanol–water partition coefficient (Wildman–Crippen LogP) is 4.86. The van der Waals surface area contributed by atoms with Crippen LogP contribution in [0.25, 0.3) is 16.9 Å². The highest BCUT2D eigenvalue weighted by molar-refractivity contribution is 5.97. The quantitative estimate of drug-likeness (QED) is 0.247. The summed E-state index contributed by atoms with van der Waals surface area (Å²) in [6.45, 7) is 6.58. The second-order valence-electron chi connectivity index (χ2n) is 11.0. The van der Waals surface area contributed by atoms with E-state index in [2.05, 4.69) is 55.3 Å². The van der Waals surface area contributed by atoms with E-state index in [9.17, 15) is 14.7 Å². The first-order valence-corrected chi connectivity index (χ1v) is 13.6. The molecule has 2 aromatic carbocycles. The molecule has 0 bridgehead atoms. The Labute approximate surface area is 235 Å². The van der Waals surface area contributed by atoms with Gasteiger partial charge in [-0.05, 0) is 78.6 Å². The van der Waals surface area contributed by atoms with Crippen molar-refractivity contribution in [3.8, 4) is 22.7 Å². The molecule has 1 atom stereocenters. The standard InChI is InChI=1S/C32H37N5O3/c1-32(2,3)26-9-5-6-10-28(26)37-29(23-16-18-34-19-17-23)21-24(36-37)8-4-7-11-30(39)35-31(40)27(33)20-22-12-14-25(38)15-13-22/h5-6,9-10,12-19,21,27,38H,4,7-8,11,20,33H2,1-3H3,(H,35,39,40). The highest BCUT2D eigenvalue weighted by Crippen LogP contribution is 2.32. The number of aromatic nitrogens is 3. The van der Waals surface area contributed by atoms with Gasteiger partial charge in [-0.15, -0.1) is 0 Å². The molecule has 2 amide bonds. The third kappa shape index (κ3) is 7.42. The number of benzene rings is 2. The number of phenols is 1. The Morgan fingerprint density at radius 3 is 2.40 bits per heavy atom. The predicted molar refractivity (Wildman–Crippen MR) is 156 cm³/mol. The zero-order chi connectivity index (χ0) is 28.7. The van der Waals surface area contributed by atoms with Crippen LogP contribution in [-0.2, 0) is 27.8 Å². The van der Waals surface area contributed by atoms with Gasteiger partial charge in [0, 0.05) is 24.4 Å². The number of pyridine rings is 1. The molecule has 0 fully saturated rings. The zero-order valence-corrected chi connectivity index (χ0v) is 23.3. The summed E-state index contributed by atoms with van der Waals surface area (Å²) in [6, 6.07) is 20.0. The molecule has 0 aliphatic carbocycles. The van der Waals surface area contributed by atoms with Crippen LogP contribution in [0.4, 0.5) is 0 Å². The number of nitrogens with zero attached hydrogens (tertiary/aromatic N) is 3. The number of phenolic OH excluding ortho intramolecular Hbond substituents is 1. The van der Waals surface area contributed by atoms with Crippen LogP contribution in [0, 0.1) is 0 Å². The summed E-state index contributed by atoms with van der Waals surface area (Å²) in [6.07, 6.45) is 6.11. The molecule has 2 aromatic heterocycles. The fourth-order valence-electron chi connectivity index (χ4n) is 4.62. The van der Waals surface area contributed by atoms with E-state index in [1.165, 1.54) is 17.7 Å². The minimum absolute atomic E-state index is 0.0599. The van der Waals surface area contributed by atoms with Crippen LogP contribution >= 0.6 is 0 Å². The Bertz CT molecular complexity index is 1440. The molecule has 0 radical (unpaired) electrons. The van der Waals surface area contributed by atoms with E-state index < -0.39 is 11.9 Å². The van der Waals surface area contributed by atoms with Crippen molar-refractivity contribution >= 4 is 11.8 Å². The number of hydrogen-bond donors (Lipinski definition) is 3. The van der Waals surface area contributed by atoms with Crippen molar-refractivity contribution in [2.45, 2.75) is 64.3 Å². The second kappa shape index (κ2) is 12.7. The number of unbranched alkanes of at least 4 members (excludes halogenated alkanes) is 1. The van der Waals surface area contributed by atoms with Crippen LogP contribution in [0.15, 0.2) is 79.1 Å². The molecular formula is C32H37N5O3. The van der Waals surface area contributed by atoms with Crippen molar-refractivity contribution in [2.75, 3.05) is 0 Å². The first-order chi connectivity index (χ1) is 19.1. The number of nitrogens with one attached hydrogen (secondary N) is 1. The zero-order valence-electron chi connectivity index (χ0n) is 23.3. The molecule has 0 aliphatic rings. The van der Waals surface area contributed by atoms with Gasteiger partial charge < -0.3 is 10.8 Å². The maximum absolute atomic E-state index is 12.4. The van der Waals surface area contributed by atoms with Gasteiger partial charge in [0.1, 0.15) is 5.75 Å². The third-order valence-corrected chi connectivity index (χ3v) is 6.75. The van der Waals surface area contributed by atoms with Gasteiger partial charge in [0.15, 0.2) is 0 Å².